The Balaban J connectivity index is 1.55. The van der Waals surface area contributed by atoms with Crippen molar-refractivity contribution in [3.05, 3.63) is 65.5 Å². The zero-order valence-electron chi connectivity index (χ0n) is 16.2. The molecule has 3 rings (SSSR count). The van der Waals surface area contributed by atoms with E-state index in [4.69, 9.17) is 4.74 Å². The minimum atomic E-state index is -0.242. The van der Waals surface area contributed by atoms with Crippen molar-refractivity contribution in [2.24, 2.45) is 0 Å². The van der Waals surface area contributed by atoms with Crippen molar-refractivity contribution >= 4 is 17.7 Å². The summed E-state index contributed by atoms with van der Waals surface area (Å²) in [5.74, 6) is 0.476. The lowest BCUT2D eigenvalue weighted by Crippen LogP contribution is -3.14. The fourth-order valence-corrected chi connectivity index (χ4v) is 4.11. The second kappa shape index (κ2) is 10.6. The van der Waals surface area contributed by atoms with Crippen LogP contribution in [0.2, 0.25) is 0 Å². The van der Waals surface area contributed by atoms with E-state index < -0.39 is 0 Å². The number of hydrogen-bond acceptors (Lipinski definition) is 3. The molecule has 1 aliphatic heterocycles. The van der Waals surface area contributed by atoms with Gasteiger partial charge in [0.2, 0.25) is 5.91 Å². The van der Waals surface area contributed by atoms with Crippen LogP contribution in [0.5, 0.6) is 0 Å². The molecule has 4 nitrogen and oxygen atoms in total. The first-order valence-corrected chi connectivity index (χ1v) is 10.7. The molecule has 0 bridgehead atoms. The summed E-state index contributed by atoms with van der Waals surface area (Å²) >= 11 is 1.57. The Morgan fingerprint density at radius 2 is 1.82 bits per heavy atom. The molecule has 0 aromatic heterocycles. The molecule has 2 N–H and O–H groups in total. The van der Waals surface area contributed by atoms with Crippen LogP contribution in [0.25, 0.3) is 0 Å². The van der Waals surface area contributed by atoms with Gasteiger partial charge in [-0.05, 0) is 36.8 Å². The highest BCUT2D eigenvalue weighted by Crippen LogP contribution is 2.19. The second-order valence-corrected chi connectivity index (χ2v) is 8.32. The minimum absolute atomic E-state index is 0.00276. The molecule has 1 amide bonds. The second-order valence-electron chi connectivity index (χ2n) is 7.15. The van der Waals surface area contributed by atoms with Crippen molar-refractivity contribution in [1.29, 1.82) is 0 Å². The van der Waals surface area contributed by atoms with Crippen molar-refractivity contribution in [2.75, 3.05) is 38.6 Å². The number of quaternary nitrogens is 1. The lowest BCUT2D eigenvalue weighted by molar-refractivity contribution is -0.909. The number of thioether (sulfide) groups is 1. The van der Waals surface area contributed by atoms with Crippen LogP contribution in [0.3, 0.4) is 0 Å². The summed E-state index contributed by atoms with van der Waals surface area (Å²) in [6, 6.07) is 14.8. The normalized spacial score (nSPS) is 15.9. The van der Waals surface area contributed by atoms with Crippen molar-refractivity contribution in [1.82, 2.24) is 5.32 Å². The van der Waals surface area contributed by atoms with Crippen LogP contribution in [0.15, 0.2) is 53.4 Å². The third-order valence-corrected chi connectivity index (χ3v) is 5.93. The summed E-state index contributed by atoms with van der Waals surface area (Å²) in [6.45, 7) is 6.42. The highest BCUT2D eigenvalue weighted by Gasteiger charge is 2.22. The van der Waals surface area contributed by atoms with Crippen LogP contribution in [0.1, 0.15) is 23.6 Å². The summed E-state index contributed by atoms with van der Waals surface area (Å²) in [7, 11) is 0. The molecule has 28 heavy (non-hydrogen) atoms. The maximum absolute atomic E-state index is 13.0. The van der Waals surface area contributed by atoms with Gasteiger partial charge in [-0.25, -0.2) is 4.39 Å². The van der Waals surface area contributed by atoms with Crippen LogP contribution in [-0.2, 0) is 9.53 Å². The molecule has 1 saturated heterocycles. The molecule has 1 heterocycles. The molecule has 0 spiro atoms. The number of morpholine rings is 1. The number of carbonyl (C=O) groups excluding carboxylic acids is 1. The van der Waals surface area contributed by atoms with Gasteiger partial charge in [0.15, 0.2) is 0 Å². The smallest absolute Gasteiger partial charge is 0.221 e. The minimum Gasteiger partial charge on any atom is -0.370 e. The fraction of sp³-hybridized carbons (Fsp3) is 0.409. The molecular weight excluding hydrogens is 375 g/mol. The first-order valence-electron chi connectivity index (χ1n) is 9.76. The number of ether oxygens (including phenoxy) is 1. The molecule has 0 unspecified atom stereocenters. The molecular formula is C22H28FN2O2S+. The van der Waals surface area contributed by atoms with Gasteiger partial charge in [-0.1, -0.05) is 29.8 Å². The van der Waals surface area contributed by atoms with E-state index in [9.17, 15) is 9.18 Å². The number of nitrogens with one attached hydrogen (secondary N) is 2. The molecule has 1 aliphatic rings. The highest BCUT2D eigenvalue weighted by atomic mass is 32.2. The number of rotatable bonds is 8. The van der Waals surface area contributed by atoms with E-state index in [1.165, 1.54) is 22.6 Å². The first kappa shape index (κ1) is 20.8. The van der Waals surface area contributed by atoms with Gasteiger partial charge in [-0.3, -0.25) is 4.79 Å². The summed E-state index contributed by atoms with van der Waals surface area (Å²) in [5, 5.41) is 3.22. The van der Waals surface area contributed by atoms with E-state index in [2.05, 4.69) is 36.5 Å². The monoisotopic (exact) mass is 403 g/mol. The summed E-state index contributed by atoms with van der Waals surface area (Å²) in [6.07, 6.45) is 0.433. The van der Waals surface area contributed by atoms with Gasteiger partial charge in [0.25, 0.3) is 0 Å². The Morgan fingerprint density at radius 3 is 2.50 bits per heavy atom. The average molecular weight is 404 g/mol. The van der Waals surface area contributed by atoms with E-state index in [0.29, 0.717) is 12.2 Å². The zero-order valence-corrected chi connectivity index (χ0v) is 17.1. The van der Waals surface area contributed by atoms with Crippen LogP contribution < -0.4 is 10.2 Å². The lowest BCUT2D eigenvalue weighted by atomic mass is 10.0. The van der Waals surface area contributed by atoms with Gasteiger partial charge in [0.05, 0.1) is 13.2 Å². The van der Waals surface area contributed by atoms with E-state index in [1.54, 1.807) is 23.9 Å². The highest BCUT2D eigenvalue weighted by molar-refractivity contribution is 7.99. The van der Waals surface area contributed by atoms with Crippen LogP contribution in [-0.4, -0.2) is 44.5 Å². The third kappa shape index (κ3) is 6.62. The van der Waals surface area contributed by atoms with E-state index >= 15 is 0 Å². The Labute approximate surface area is 170 Å². The van der Waals surface area contributed by atoms with Gasteiger partial charge < -0.3 is 15.0 Å². The summed E-state index contributed by atoms with van der Waals surface area (Å²) in [4.78, 5) is 15.0. The summed E-state index contributed by atoms with van der Waals surface area (Å²) < 4.78 is 18.4. The molecule has 150 valence electrons. The Morgan fingerprint density at radius 1 is 1.14 bits per heavy atom. The van der Waals surface area contributed by atoms with Crippen molar-refractivity contribution < 1.29 is 18.8 Å². The number of hydrogen-bond donors (Lipinski definition) is 2. The first-order chi connectivity index (χ1) is 13.6. The number of halogens is 1. The van der Waals surface area contributed by atoms with Gasteiger partial charge in [-0.15, -0.1) is 11.8 Å². The molecule has 1 atom stereocenters. The van der Waals surface area contributed by atoms with E-state index in [0.717, 1.165) is 43.3 Å². The van der Waals surface area contributed by atoms with Crippen LogP contribution in [0.4, 0.5) is 4.39 Å². The van der Waals surface area contributed by atoms with Crippen molar-refractivity contribution in [3.63, 3.8) is 0 Å². The van der Waals surface area contributed by atoms with Crippen LogP contribution >= 0.6 is 11.8 Å². The topological polar surface area (TPSA) is 42.8 Å². The number of amides is 1. The molecule has 6 heteroatoms. The zero-order chi connectivity index (χ0) is 19.8. The predicted molar refractivity (Wildman–Crippen MR) is 110 cm³/mol. The van der Waals surface area contributed by atoms with Gasteiger partial charge >= 0.3 is 0 Å². The number of carbonyl (C=O) groups is 1. The Kier molecular flexibility index (Phi) is 7.89. The van der Waals surface area contributed by atoms with Gasteiger partial charge in [0, 0.05) is 17.1 Å². The van der Waals surface area contributed by atoms with E-state index in [1.807, 2.05) is 0 Å². The fourth-order valence-electron chi connectivity index (χ4n) is 3.26. The molecule has 0 radical (unpaired) electrons. The standard InChI is InChI=1S/C22H27FN2O2S/c1-17-2-4-18(5-3-17)21(16-25-11-13-27-14-12-25)24-22(26)10-15-28-20-8-6-19(23)7-9-20/h2-9,21H,10-16H2,1H3,(H,24,26)/p+1/t21-/m0/s1. The quantitative estimate of drug-likeness (QED) is 0.665. The van der Waals surface area contributed by atoms with Gasteiger partial charge in [-0.2, -0.15) is 0 Å². The molecule has 1 fully saturated rings. The summed E-state index contributed by atoms with van der Waals surface area (Å²) in [5.41, 5.74) is 2.35. The molecule has 0 aliphatic carbocycles. The van der Waals surface area contributed by atoms with Gasteiger partial charge in [0.1, 0.15) is 31.5 Å². The van der Waals surface area contributed by atoms with Crippen LogP contribution in [0, 0.1) is 12.7 Å². The van der Waals surface area contributed by atoms with E-state index in [-0.39, 0.29) is 17.8 Å². The Hall–Kier alpha value is -1.89. The Bertz CT molecular complexity index is 746. The van der Waals surface area contributed by atoms with Crippen molar-refractivity contribution in [2.45, 2.75) is 24.3 Å². The lowest BCUT2D eigenvalue weighted by Gasteiger charge is -2.28. The molecule has 0 saturated carbocycles. The average Bonchev–Trinajstić information content (AvgIpc) is 2.70. The molecule has 2 aromatic carbocycles. The van der Waals surface area contributed by atoms with Crippen molar-refractivity contribution in [3.8, 4) is 0 Å². The maximum Gasteiger partial charge on any atom is 0.221 e. The predicted octanol–water partition coefficient (Wildman–Crippen LogP) is 2.39. The number of aryl methyl sites for hydroxylation is 1. The largest absolute Gasteiger partial charge is 0.370 e. The SMILES string of the molecule is Cc1ccc([C@H](C[NH+]2CCOCC2)NC(=O)CCSc2ccc(F)cc2)cc1. The third-order valence-electron chi connectivity index (χ3n) is 4.92. The molecule has 2 aromatic rings. The number of benzene rings is 2. The maximum atomic E-state index is 13.0.